The van der Waals surface area contributed by atoms with Crippen LogP contribution in [-0.2, 0) is 35.6 Å². The van der Waals surface area contributed by atoms with Crippen molar-refractivity contribution in [2.75, 3.05) is 25.5 Å². The van der Waals surface area contributed by atoms with E-state index < -0.39 is 21.9 Å². The Morgan fingerprint density at radius 2 is 1.76 bits per heavy atom. The molecule has 2 aromatic carbocycles. The van der Waals surface area contributed by atoms with Crippen LogP contribution < -0.4 is 10.1 Å². The molecule has 4 rings (SSSR count). The molecule has 1 aromatic heterocycles. The lowest BCUT2D eigenvalue weighted by Gasteiger charge is -2.34. The molecule has 3 aromatic rings. The zero-order valence-electron chi connectivity index (χ0n) is 21.3. The second kappa shape index (κ2) is 11.2. The summed E-state index contributed by atoms with van der Waals surface area (Å²) in [5.41, 5.74) is 1.39. The van der Waals surface area contributed by atoms with Crippen molar-refractivity contribution in [3.05, 3.63) is 52.8 Å². The third-order valence-electron chi connectivity index (χ3n) is 5.84. The van der Waals surface area contributed by atoms with E-state index in [0.717, 1.165) is 0 Å². The summed E-state index contributed by atoms with van der Waals surface area (Å²) in [7, 11) is -2.49. The van der Waals surface area contributed by atoms with Gasteiger partial charge in [0, 0.05) is 31.3 Å². The molecule has 1 saturated heterocycles. The molecular formula is C25H28N4O7S2. The Labute approximate surface area is 223 Å². The van der Waals surface area contributed by atoms with Crippen LogP contribution >= 0.6 is 11.3 Å². The van der Waals surface area contributed by atoms with E-state index in [1.807, 2.05) is 13.8 Å². The fourth-order valence-electron chi connectivity index (χ4n) is 4.18. The molecule has 0 saturated carbocycles. The van der Waals surface area contributed by atoms with E-state index in [9.17, 15) is 22.8 Å². The second-order valence-corrected chi connectivity index (χ2v) is 11.9. The number of thiazole rings is 1. The molecule has 1 aliphatic heterocycles. The lowest BCUT2D eigenvalue weighted by Crippen LogP contribution is -2.48. The number of nitrogens with zero attached hydrogens (tertiary/aromatic N) is 3. The van der Waals surface area contributed by atoms with Crippen molar-refractivity contribution in [2.24, 2.45) is 4.99 Å². The number of hydrogen-bond acceptors (Lipinski definition) is 8. The summed E-state index contributed by atoms with van der Waals surface area (Å²) in [6.45, 7) is 5.37. The minimum atomic E-state index is -3.75. The number of amides is 2. The molecule has 2 heterocycles. The molecule has 2 amide bonds. The maximum absolute atomic E-state index is 13.1. The van der Waals surface area contributed by atoms with Gasteiger partial charge in [-0.3, -0.25) is 14.4 Å². The first-order valence-corrected chi connectivity index (χ1v) is 14.1. The molecule has 0 spiro atoms. The van der Waals surface area contributed by atoms with E-state index in [-0.39, 0.29) is 53.0 Å². The minimum absolute atomic E-state index is 0.0727. The summed E-state index contributed by atoms with van der Waals surface area (Å²) in [6, 6.07) is 10.7. The van der Waals surface area contributed by atoms with Gasteiger partial charge in [0.1, 0.15) is 6.54 Å². The number of hydrogen-bond donors (Lipinski definition) is 1. The number of carbonyl (C=O) groups is 3. The predicted molar refractivity (Wildman–Crippen MR) is 141 cm³/mol. The molecule has 0 aliphatic carbocycles. The first-order chi connectivity index (χ1) is 18.0. The molecule has 38 heavy (non-hydrogen) atoms. The normalized spacial score (nSPS) is 18.9. The minimum Gasteiger partial charge on any atom is -0.468 e. The van der Waals surface area contributed by atoms with Crippen LogP contribution in [-0.4, -0.2) is 67.5 Å². The Bertz CT molecular complexity index is 1550. The quantitative estimate of drug-likeness (QED) is 0.457. The summed E-state index contributed by atoms with van der Waals surface area (Å²) < 4.78 is 40.3. The number of sulfonamides is 1. The van der Waals surface area contributed by atoms with Crippen molar-refractivity contribution in [3.8, 4) is 0 Å². The van der Waals surface area contributed by atoms with E-state index in [0.29, 0.717) is 15.9 Å². The van der Waals surface area contributed by atoms with Crippen molar-refractivity contribution in [2.45, 2.75) is 44.4 Å². The fourth-order valence-corrected chi connectivity index (χ4v) is 6.84. The zero-order valence-corrected chi connectivity index (χ0v) is 23.0. The average Bonchev–Trinajstić information content (AvgIpc) is 3.18. The van der Waals surface area contributed by atoms with Gasteiger partial charge in [-0.15, -0.1) is 0 Å². The van der Waals surface area contributed by atoms with Gasteiger partial charge in [-0.25, -0.2) is 8.42 Å². The largest absolute Gasteiger partial charge is 0.468 e. The van der Waals surface area contributed by atoms with Crippen LogP contribution in [0.3, 0.4) is 0 Å². The molecule has 2 unspecified atom stereocenters. The zero-order chi connectivity index (χ0) is 27.6. The molecule has 0 bridgehead atoms. The summed E-state index contributed by atoms with van der Waals surface area (Å²) >= 11 is 1.17. The van der Waals surface area contributed by atoms with E-state index in [4.69, 9.17) is 9.47 Å². The van der Waals surface area contributed by atoms with Crippen molar-refractivity contribution >= 4 is 55.0 Å². The highest BCUT2D eigenvalue weighted by molar-refractivity contribution is 7.89. The second-order valence-electron chi connectivity index (χ2n) is 8.93. The van der Waals surface area contributed by atoms with Gasteiger partial charge in [-0.1, -0.05) is 11.3 Å². The Balaban J connectivity index is 1.66. The van der Waals surface area contributed by atoms with Crippen LogP contribution in [0.15, 0.2) is 52.4 Å². The maximum Gasteiger partial charge on any atom is 0.325 e. The van der Waals surface area contributed by atoms with Crippen LogP contribution in [0.2, 0.25) is 0 Å². The first-order valence-electron chi connectivity index (χ1n) is 11.8. The third kappa shape index (κ3) is 6.01. The Morgan fingerprint density at radius 3 is 2.37 bits per heavy atom. The van der Waals surface area contributed by atoms with E-state index >= 15 is 0 Å². The summed E-state index contributed by atoms with van der Waals surface area (Å²) in [6.07, 6.45) is -0.444. The number of anilines is 1. The van der Waals surface area contributed by atoms with Crippen molar-refractivity contribution in [1.29, 1.82) is 0 Å². The van der Waals surface area contributed by atoms with E-state index in [1.54, 1.807) is 22.8 Å². The molecule has 1 N–H and O–H groups in total. The Morgan fingerprint density at radius 1 is 1.11 bits per heavy atom. The topological polar surface area (TPSA) is 136 Å². The number of morpholine rings is 1. The van der Waals surface area contributed by atoms with E-state index in [2.05, 4.69) is 10.3 Å². The highest BCUT2D eigenvalue weighted by atomic mass is 32.2. The van der Waals surface area contributed by atoms with Crippen LogP contribution in [0.1, 0.15) is 31.1 Å². The van der Waals surface area contributed by atoms with Gasteiger partial charge in [0.05, 0.1) is 34.4 Å². The molecule has 0 radical (unpaired) electrons. The molecular weight excluding hydrogens is 532 g/mol. The maximum atomic E-state index is 13.1. The molecule has 13 heteroatoms. The van der Waals surface area contributed by atoms with Gasteiger partial charge in [-0.2, -0.15) is 9.30 Å². The number of rotatable bonds is 6. The van der Waals surface area contributed by atoms with Gasteiger partial charge < -0.3 is 19.4 Å². The average molecular weight is 561 g/mol. The predicted octanol–water partition coefficient (Wildman–Crippen LogP) is 2.37. The molecule has 2 atom stereocenters. The van der Waals surface area contributed by atoms with Gasteiger partial charge in [0.25, 0.3) is 5.91 Å². The molecule has 1 aliphatic rings. The van der Waals surface area contributed by atoms with Crippen LogP contribution in [0.25, 0.3) is 10.2 Å². The standard InChI is InChI=1S/C25H28N4O7S2/c1-15-12-28(13-16(2)36-15)38(33,34)20-8-5-18(6-9-20)24(32)27-25-29(14-23(31)35-4)21-10-7-19(26-17(3)30)11-22(21)37-25/h5-11,15-16H,12-14H2,1-4H3,(H,26,30). The lowest BCUT2D eigenvalue weighted by molar-refractivity contribution is -0.141. The number of ether oxygens (including phenoxy) is 2. The number of methoxy groups -OCH3 is 1. The monoisotopic (exact) mass is 560 g/mol. The van der Waals surface area contributed by atoms with Gasteiger partial charge >= 0.3 is 5.97 Å². The van der Waals surface area contributed by atoms with Crippen LogP contribution in [0, 0.1) is 0 Å². The number of nitrogens with one attached hydrogen (secondary N) is 1. The SMILES string of the molecule is COC(=O)Cn1c(=NC(=O)c2ccc(S(=O)(=O)N3CC(C)OC(C)C3)cc2)sc2cc(NC(C)=O)ccc21. The number of carbonyl (C=O) groups excluding carboxylic acids is 3. The molecule has 1 fully saturated rings. The number of aromatic nitrogens is 1. The van der Waals surface area contributed by atoms with E-state index in [1.165, 1.54) is 53.9 Å². The summed E-state index contributed by atoms with van der Waals surface area (Å²) in [4.78, 5) is 41.1. The van der Waals surface area contributed by atoms with Crippen molar-refractivity contribution in [3.63, 3.8) is 0 Å². The van der Waals surface area contributed by atoms with Gasteiger partial charge in [-0.05, 0) is 56.3 Å². The van der Waals surface area contributed by atoms with Crippen LogP contribution in [0.5, 0.6) is 0 Å². The number of esters is 1. The lowest BCUT2D eigenvalue weighted by atomic mass is 10.2. The first kappa shape index (κ1) is 27.6. The fraction of sp³-hybridized carbons (Fsp3) is 0.360. The highest BCUT2D eigenvalue weighted by Crippen LogP contribution is 2.24. The molecule has 11 nitrogen and oxygen atoms in total. The number of benzene rings is 2. The summed E-state index contributed by atoms with van der Waals surface area (Å²) in [5, 5.41) is 2.70. The molecule has 202 valence electrons. The smallest absolute Gasteiger partial charge is 0.325 e. The van der Waals surface area contributed by atoms with Gasteiger partial charge in [0.15, 0.2) is 4.80 Å². The van der Waals surface area contributed by atoms with Crippen LogP contribution in [0.4, 0.5) is 5.69 Å². The third-order valence-corrected chi connectivity index (χ3v) is 8.73. The number of fused-ring (bicyclic) bond motifs is 1. The van der Waals surface area contributed by atoms with Crippen molar-refractivity contribution in [1.82, 2.24) is 8.87 Å². The Hall–Kier alpha value is -3.39. The van der Waals surface area contributed by atoms with Crippen molar-refractivity contribution < 1.29 is 32.3 Å². The van der Waals surface area contributed by atoms with Gasteiger partial charge in [0.2, 0.25) is 15.9 Å². The Kier molecular flexibility index (Phi) is 8.11. The highest BCUT2D eigenvalue weighted by Gasteiger charge is 2.32. The summed E-state index contributed by atoms with van der Waals surface area (Å²) in [5.74, 6) is -1.35.